The maximum Gasteiger partial charge on any atom is 0.410 e. The average Bonchev–Trinajstić information content (AvgIpc) is 0.708. The molecule has 6 fully saturated rings. The SMILES string of the molecule is CC(=O)c1ccc(Br)cc1O.CC(=O)c1ccc2c(c1)OC1(CCN(C(=O)OC(C)(C)C)CC1)CC2=O.CC(=O)c1ccc2c(c1)OC1(CCNCC1)CC2=O.CC(C)(C)OC(=O)N1CCC(=O)CC1.CC(C)(C)OC(=O)N1CCC2(CC1)CC(=O)c1ccc(Br)cc1O2.O=C(O)c1ccc2c(c1)OC1(CCNCC1)CC2=O.[C-]#[N+]c1ccc2c(c1)OC1(CCN(C(=O)OC(C)(C)C)CC1)CC2=O. The Bertz CT molecular complexity index is 5590. The highest BCUT2D eigenvalue weighted by molar-refractivity contribution is 9.10. The summed E-state index contributed by atoms with van der Waals surface area (Å²) in [4.78, 5) is 176. The summed E-state index contributed by atoms with van der Waals surface area (Å²) in [6.45, 7) is 41.0. The molecule has 138 heavy (non-hydrogen) atoms. The number of fused-ring (bicyclic) bond motifs is 5. The molecule has 740 valence electrons. The van der Waals surface area contributed by atoms with Crippen LogP contribution in [-0.2, 0) is 23.7 Å². The Kier molecular flexibility index (Phi) is 34.0. The first kappa shape index (κ1) is 107. The second-order valence-corrected chi connectivity index (χ2v) is 42.4. The molecule has 0 saturated carbocycles. The lowest BCUT2D eigenvalue weighted by molar-refractivity contribution is -0.121. The smallest absolute Gasteiger partial charge is 0.410 e. The molecule has 0 aromatic heterocycles. The standard InChI is InChI=1S/C20H25NO5.C19H22N2O4.C18H22BrNO4.C15H17NO3.C14H15NO4.C10H17NO3.C8H7BrO2/c1-13(22)14-5-6-15-16(23)12-20(25-17(15)11-14)7-9-21(10-8-20)18(24)26-19(2,3)4;1-18(2,3)25-17(23)21-9-7-19(8-10-21)12-15(22)14-6-5-13(20-4)11-16(14)24-19;1-17(2,3)24-16(22)20-8-6-18(7-9-20)11-14(21)13-5-4-12(19)10-15(13)23-18;1-10(17)11-2-3-12-13(18)9-15(19-14(12)8-11)4-6-16-7-5-15;16-11-8-14(3-5-15-6-4-14)19-12-7-9(13(17)18)1-2-10(11)12;1-10(2,3)14-9(13)11-6-4-8(12)5-7-11;1-5(10)7-3-2-6(9)4-8(7)11/h5-6,11H,7-10,12H2,1-4H3;5-6,11H,7-10,12H2,1-3H3;4-5,10H,6-9,11H2,1-3H3;2-3,8,16H,4-7,9H2,1H3;1-2,7,15H,3-6,8H2,(H,17,18);4-7H2,1-3H3;2-4,11H,1H3. The number of carbonyl (C=O) groups is 14. The number of phenolic OH excluding ortho intramolecular Hbond substituents is 1. The van der Waals surface area contributed by atoms with Crippen molar-refractivity contribution < 1.29 is 120 Å². The van der Waals surface area contributed by atoms with Crippen LogP contribution in [0.1, 0.15) is 306 Å². The number of ketones is 9. The Balaban J connectivity index is 0.000000157. The van der Waals surface area contributed by atoms with E-state index in [1.807, 2.05) is 95.2 Å². The number of halogens is 2. The van der Waals surface area contributed by atoms with Crippen molar-refractivity contribution in [1.29, 1.82) is 0 Å². The molecule has 11 heterocycles. The van der Waals surface area contributed by atoms with Gasteiger partial charge in [0.1, 0.15) is 90.7 Å². The second-order valence-electron chi connectivity index (χ2n) is 40.5. The maximum atomic E-state index is 12.6. The highest BCUT2D eigenvalue weighted by Crippen LogP contribution is 2.47. The number of nitrogens with zero attached hydrogens (tertiary/aromatic N) is 5. The quantitative estimate of drug-likeness (QED) is 0.0723. The molecule has 11 aliphatic rings. The first-order valence-corrected chi connectivity index (χ1v) is 48.2. The predicted molar refractivity (Wildman–Crippen MR) is 518 cm³/mol. The molecule has 6 saturated heterocycles. The Morgan fingerprint density at radius 2 is 0.630 bits per heavy atom. The van der Waals surface area contributed by atoms with Crippen molar-refractivity contribution in [2.24, 2.45) is 0 Å². The van der Waals surface area contributed by atoms with Gasteiger partial charge in [-0.2, -0.15) is 0 Å². The lowest BCUT2D eigenvalue weighted by atomic mass is 9.82. The molecule has 17 rings (SSSR count). The summed E-state index contributed by atoms with van der Waals surface area (Å²) in [5.74, 6) is 1.93. The number of aromatic hydroxyl groups is 1. The Hall–Kier alpha value is -11.9. The van der Waals surface area contributed by atoms with Gasteiger partial charge in [0, 0.05) is 149 Å². The molecule has 4 N–H and O–H groups in total. The number of aromatic carboxylic acids is 1. The number of benzene rings is 6. The largest absolute Gasteiger partial charge is 0.507 e. The molecule has 0 atom stereocenters. The lowest BCUT2D eigenvalue weighted by Crippen LogP contribution is -2.53. The van der Waals surface area contributed by atoms with Gasteiger partial charge in [-0.15, -0.1) is 0 Å². The number of phenols is 1. The van der Waals surface area contributed by atoms with E-state index in [1.54, 1.807) is 98.5 Å². The van der Waals surface area contributed by atoms with Crippen LogP contribution in [0.25, 0.3) is 4.85 Å². The highest BCUT2D eigenvalue weighted by Gasteiger charge is 2.50. The Labute approximate surface area is 821 Å². The van der Waals surface area contributed by atoms with Crippen LogP contribution < -0.4 is 34.3 Å². The molecule has 0 unspecified atom stereocenters. The minimum absolute atomic E-state index is 0.0104. The van der Waals surface area contributed by atoms with Crippen molar-refractivity contribution in [3.05, 3.63) is 180 Å². The van der Waals surface area contributed by atoms with E-state index in [0.717, 1.165) is 60.8 Å². The zero-order valence-electron chi connectivity index (χ0n) is 81.2. The monoisotopic (exact) mass is 2030 g/mol. The van der Waals surface area contributed by atoms with Crippen molar-refractivity contribution >= 4 is 120 Å². The number of likely N-dealkylation sites (tertiary alicyclic amines) is 4. The molecule has 0 aliphatic carbocycles. The molecular weight excluding hydrogens is 1910 g/mol. The summed E-state index contributed by atoms with van der Waals surface area (Å²) in [6, 6.07) is 29.8. The third-order valence-corrected chi connectivity index (χ3v) is 25.9. The lowest BCUT2D eigenvalue weighted by Gasteiger charge is -2.44. The van der Waals surface area contributed by atoms with E-state index in [0.29, 0.717) is 215 Å². The van der Waals surface area contributed by atoms with Crippen LogP contribution in [0.2, 0.25) is 0 Å². The van der Waals surface area contributed by atoms with Crippen LogP contribution in [0.3, 0.4) is 0 Å². The van der Waals surface area contributed by atoms with E-state index in [9.17, 15) is 72.2 Å². The first-order chi connectivity index (χ1) is 64.7. The number of hydrogen-bond acceptors (Lipinski definition) is 26. The van der Waals surface area contributed by atoms with Gasteiger partial charge in [-0.3, -0.25) is 43.2 Å². The van der Waals surface area contributed by atoms with Gasteiger partial charge >= 0.3 is 30.3 Å². The summed E-state index contributed by atoms with van der Waals surface area (Å²) in [7, 11) is 0. The van der Waals surface area contributed by atoms with Crippen LogP contribution in [-0.4, -0.2) is 241 Å². The third-order valence-electron chi connectivity index (χ3n) is 24.9. The van der Waals surface area contributed by atoms with Gasteiger partial charge in [0.25, 0.3) is 0 Å². The summed E-state index contributed by atoms with van der Waals surface area (Å²) >= 11 is 6.59. The maximum absolute atomic E-state index is 12.6. The predicted octanol–water partition coefficient (Wildman–Crippen LogP) is 19.2. The topological polar surface area (TPSA) is 404 Å². The number of hydrogen-bond donors (Lipinski definition) is 4. The average molecular weight is 2030 g/mol. The number of nitrogens with one attached hydrogen (secondary N) is 2. The van der Waals surface area contributed by atoms with Crippen LogP contribution in [0.15, 0.2) is 118 Å². The number of carboxylic acids is 1. The summed E-state index contributed by atoms with van der Waals surface area (Å²) in [5, 5.41) is 24.7. The molecule has 11 aliphatic heterocycles. The van der Waals surface area contributed by atoms with Crippen LogP contribution in [0.4, 0.5) is 24.9 Å². The second kappa shape index (κ2) is 44.0. The van der Waals surface area contributed by atoms with Crippen molar-refractivity contribution in [1.82, 2.24) is 30.2 Å². The van der Waals surface area contributed by atoms with E-state index in [2.05, 4.69) is 47.3 Å². The van der Waals surface area contributed by atoms with Crippen molar-refractivity contribution in [2.75, 3.05) is 78.5 Å². The fourth-order valence-electron chi connectivity index (χ4n) is 17.6. The highest BCUT2D eigenvalue weighted by atomic mass is 79.9. The number of carboxylic acid groups (broad SMARTS) is 1. The van der Waals surface area contributed by atoms with Crippen molar-refractivity contribution in [2.45, 2.75) is 263 Å². The molecule has 0 bridgehead atoms. The first-order valence-electron chi connectivity index (χ1n) is 46.6. The number of carbonyl (C=O) groups excluding carboxylic acids is 13. The van der Waals surface area contributed by atoms with Crippen molar-refractivity contribution in [3.63, 3.8) is 0 Å². The van der Waals surface area contributed by atoms with Gasteiger partial charge in [-0.05, 0) is 215 Å². The number of ether oxygens (including phenoxy) is 9. The summed E-state index contributed by atoms with van der Waals surface area (Å²) in [6.07, 6.45) is 8.15. The van der Waals surface area contributed by atoms with Crippen LogP contribution >= 0.6 is 31.9 Å². The van der Waals surface area contributed by atoms with Gasteiger partial charge in [0.15, 0.2) is 52.0 Å². The molecule has 4 amide bonds. The van der Waals surface area contributed by atoms with E-state index < -0.39 is 50.8 Å². The molecule has 32 nitrogen and oxygen atoms in total. The van der Waals surface area contributed by atoms with E-state index in [1.165, 1.54) is 39.0 Å². The van der Waals surface area contributed by atoms with E-state index in [-0.39, 0.29) is 93.3 Å². The third kappa shape index (κ3) is 28.7. The molecular formula is C104H125Br2N7O25. The summed E-state index contributed by atoms with van der Waals surface area (Å²) < 4.78 is 53.8. The van der Waals surface area contributed by atoms with Gasteiger partial charge in [0.2, 0.25) is 0 Å². The van der Waals surface area contributed by atoms with Gasteiger partial charge in [-0.25, -0.2) is 28.8 Å². The normalized spacial score (nSPS) is 18.8. The van der Waals surface area contributed by atoms with Gasteiger partial charge in [-0.1, -0.05) is 56.1 Å². The number of Topliss-reactive ketones (excluding diaryl/α,β-unsaturated/α-hetero) is 9. The number of piperidine rings is 6. The minimum Gasteiger partial charge on any atom is -0.507 e. The number of rotatable bonds is 4. The minimum atomic E-state index is -1.01. The fraction of sp³-hybridized carbons (Fsp3) is 0.510. The molecule has 6 aromatic carbocycles. The molecule has 5 spiro atoms. The van der Waals surface area contributed by atoms with E-state index in [4.69, 9.17) is 54.3 Å². The molecule has 34 heteroatoms. The Morgan fingerprint density at radius 3 is 0.928 bits per heavy atom. The van der Waals surface area contributed by atoms with Gasteiger partial charge < -0.3 is 83.1 Å². The fourth-order valence-corrected chi connectivity index (χ4v) is 18.3. The Morgan fingerprint density at radius 1 is 0.362 bits per heavy atom. The van der Waals surface area contributed by atoms with Crippen molar-refractivity contribution in [3.8, 4) is 34.5 Å². The molecule has 6 aromatic rings. The van der Waals surface area contributed by atoms with Gasteiger partial charge in [0.05, 0.1) is 77.6 Å². The molecule has 0 radical (unpaired) electrons. The summed E-state index contributed by atoms with van der Waals surface area (Å²) in [5.41, 5.74) is 0.307. The van der Waals surface area contributed by atoms with Crippen LogP contribution in [0, 0.1) is 6.57 Å². The zero-order chi connectivity index (χ0) is 101. The zero-order valence-corrected chi connectivity index (χ0v) is 84.3. The van der Waals surface area contributed by atoms with Crippen LogP contribution in [0.5, 0.6) is 34.5 Å². The van der Waals surface area contributed by atoms with E-state index >= 15 is 0 Å². The number of amides is 4.